The predicted molar refractivity (Wildman–Crippen MR) is 66.1 cm³/mol. The molecule has 2 unspecified atom stereocenters. The van der Waals surface area contributed by atoms with Crippen LogP contribution in [0, 0.1) is 5.92 Å². The molecule has 0 radical (unpaired) electrons. The van der Waals surface area contributed by atoms with E-state index >= 15 is 0 Å². The summed E-state index contributed by atoms with van der Waals surface area (Å²) < 4.78 is 0. The number of hydrogen-bond donors (Lipinski definition) is 1. The lowest BCUT2D eigenvalue weighted by Gasteiger charge is -2.23. The quantitative estimate of drug-likeness (QED) is 0.847. The fraction of sp³-hybridized carbons (Fsp3) is 0.583. The van der Waals surface area contributed by atoms with Crippen LogP contribution in [0.2, 0.25) is 0 Å². The number of pyridine rings is 1. The molecule has 0 aromatic carbocycles. The van der Waals surface area contributed by atoms with E-state index in [2.05, 4.69) is 35.1 Å². The maximum Gasteiger partial charge on any atom is 0.0372 e. The third-order valence-electron chi connectivity index (χ3n) is 2.90. The van der Waals surface area contributed by atoms with Crippen LogP contribution in [0.25, 0.3) is 0 Å². The van der Waals surface area contributed by atoms with Crippen LogP contribution in [0.1, 0.15) is 24.9 Å². The standard InChI is InChI=1S/C12H18N2S/c1-2-14-12(11-5-7-15-9-11)10-4-3-6-13-8-10/h3-4,6,8,11-12,14H,2,5,7,9H2,1H3. The molecule has 0 aliphatic carbocycles. The van der Waals surface area contributed by atoms with Gasteiger partial charge in [0.1, 0.15) is 0 Å². The molecule has 2 nitrogen and oxygen atoms in total. The summed E-state index contributed by atoms with van der Waals surface area (Å²) in [5.74, 6) is 3.37. The van der Waals surface area contributed by atoms with E-state index in [1.807, 2.05) is 18.5 Å². The van der Waals surface area contributed by atoms with Gasteiger partial charge in [0.25, 0.3) is 0 Å². The molecule has 0 saturated carbocycles. The molecular weight excluding hydrogens is 204 g/mol. The summed E-state index contributed by atoms with van der Waals surface area (Å²) >= 11 is 2.07. The molecule has 1 aromatic heterocycles. The molecule has 0 amide bonds. The number of rotatable bonds is 4. The molecule has 82 valence electrons. The van der Waals surface area contributed by atoms with Crippen LogP contribution in [0.15, 0.2) is 24.5 Å². The first-order valence-electron chi connectivity index (χ1n) is 5.63. The molecule has 2 atom stereocenters. The highest BCUT2D eigenvalue weighted by Gasteiger charge is 2.25. The first-order valence-corrected chi connectivity index (χ1v) is 6.78. The highest BCUT2D eigenvalue weighted by atomic mass is 32.2. The molecule has 3 heteroatoms. The van der Waals surface area contributed by atoms with Crippen molar-refractivity contribution in [2.24, 2.45) is 5.92 Å². The van der Waals surface area contributed by atoms with Crippen molar-refractivity contribution < 1.29 is 0 Å². The fourth-order valence-corrected chi connectivity index (χ4v) is 3.45. The summed E-state index contributed by atoms with van der Waals surface area (Å²) in [5, 5.41) is 3.59. The van der Waals surface area contributed by atoms with Crippen molar-refractivity contribution in [1.29, 1.82) is 0 Å². The van der Waals surface area contributed by atoms with Gasteiger partial charge in [0.2, 0.25) is 0 Å². The highest BCUT2D eigenvalue weighted by Crippen LogP contribution is 2.33. The smallest absolute Gasteiger partial charge is 0.0372 e. The zero-order chi connectivity index (χ0) is 10.5. The van der Waals surface area contributed by atoms with Gasteiger partial charge < -0.3 is 5.32 Å². The summed E-state index contributed by atoms with van der Waals surface area (Å²) in [7, 11) is 0. The van der Waals surface area contributed by atoms with E-state index < -0.39 is 0 Å². The van der Waals surface area contributed by atoms with Gasteiger partial charge in [-0.3, -0.25) is 4.98 Å². The van der Waals surface area contributed by atoms with Gasteiger partial charge >= 0.3 is 0 Å². The highest BCUT2D eigenvalue weighted by molar-refractivity contribution is 7.99. The van der Waals surface area contributed by atoms with Crippen LogP contribution >= 0.6 is 11.8 Å². The maximum absolute atomic E-state index is 4.21. The molecule has 2 rings (SSSR count). The Bertz CT molecular complexity index is 283. The van der Waals surface area contributed by atoms with E-state index in [-0.39, 0.29) is 0 Å². The molecule has 1 N–H and O–H groups in total. The second-order valence-electron chi connectivity index (χ2n) is 3.95. The van der Waals surface area contributed by atoms with E-state index in [1.54, 1.807) is 0 Å². The third kappa shape index (κ3) is 2.73. The third-order valence-corrected chi connectivity index (χ3v) is 4.09. The zero-order valence-electron chi connectivity index (χ0n) is 9.15. The van der Waals surface area contributed by atoms with E-state index in [0.717, 1.165) is 12.5 Å². The second kappa shape index (κ2) is 5.52. The van der Waals surface area contributed by atoms with Gasteiger partial charge in [0.05, 0.1) is 0 Å². The minimum Gasteiger partial charge on any atom is -0.310 e. The van der Waals surface area contributed by atoms with Gasteiger partial charge in [0, 0.05) is 18.4 Å². The summed E-state index contributed by atoms with van der Waals surface area (Å²) in [5.41, 5.74) is 1.34. The second-order valence-corrected chi connectivity index (χ2v) is 5.10. The average molecular weight is 222 g/mol. The Kier molecular flexibility index (Phi) is 4.03. The van der Waals surface area contributed by atoms with Crippen molar-refractivity contribution in [3.05, 3.63) is 30.1 Å². The number of aromatic nitrogens is 1. The lowest BCUT2D eigenvalue weighted by molar-refractivity contribution is 0.400. The molecule has 1 aliphatic rings. The van der Waals surface area contributed by atoms with E-state index in [9.17, 15) is 0 Å². The first kappa shape index (κ1) is 11.0. The van der Waals surface area contributed by atoms with Gasteiger partial charge in [0.15, 0.2) is 0 Å². The monoisotopic (exact) mass is 222 g/mol. The van der Waals surface area contributed by atoms with Gasteiger partial charge in [-0.15, -0.1) is 0 Å². The Morgan fingerprint density at radius 3 is 3.20 bits per heavy atom. The largest absolute Gasteiger partial charge is 0.310 e. The molecule has 2 heterocycles. The molecule has 1 aromatic rings. The zero-order valence-corrected chi connectivity index (χ0v) is 9.96. The van der Waals surface area contributed by atoms with E-state index in [4.69, 9.17) is 0 Å². The van der Waals surface area contributed by atoms with Gasteiger partial charge in [-0.25, -0.2) is 0 Å². The Labute approximate surface area is 95.9 Å². The summed E-state index contributed by atoms with van der Waals surface area (Å²) in [6, 6.07) is 4.71. The first-order chi connectivity index (χ1) is 7.42. The molecule has 1 saturated heterocycles. The van der Waals surface area contributed by atoms with Gasteiger partial charge in [-0.05, 0) is 42.0 Å². The lowest BCUT2D eigenvalue weighted by atomic mass is 9.93. The predicted octanol–water partition coefficient (Wildman–Crippen LogP) is 2.49. The number of thioether (sulfide) groups is 1. The van der Waals surface area contributed by atoms with E-state index in [0.29, 0.717) is 6.04 Å². The SMILES string of the molecule is CCNC(c1cccnc1)C1CCSC1. The molecule has 0 bridgehead atoms. The van der Waals surface area contributed by atoms with Crippen molar-refractivity contribution in [3.63, 3.8) is 0 Å². The van der Waals surface area contributed by atoms with Crippen LogP contribution in [-0.4, -0.2) is 23.0 Å². The molecule has 0 spiro atoms. The number of nitrogens with one attached hydrogen (secondary N) is 1. The molecule has 15 heavy (non-hydrogen) atoms. The van der Waals surface area contributed by atoms with Crippen molar-refractivity contribution in [3.8, 4) is 0 Å². The normalized spacial score (nSPS) is 22.9. The number of hydrogen-bond acceptors (Lipinski definition) is 3. The van der Waals surface area contributed by atoms with E-state index in [1.165, 1.54) is 23.5 Å². The topological polar surface area (TPSA) is 24.9 Å². The fourth-order valence-electron chi connectivity index (χ4n) is 2.15. The summed E-state index contributed by atoms with van der Waals surface area (Å²) in [4.78, 5) is 4.21. The number of nitrogens with zero attached hydrogens (tertiary/aromatic N) is 1. The maximum atomic E-state index is 4.21. The molecular formula is C12H18N2S. The molecule has 1 aliphatic heterocycles. The van der Waals surface area contributed by atoms with Crippen LogP contribution in [-0.2, 0) is 0 Å². The minimum atomic E-state index is 0.499. The van der Waals surface area contributed by atoms with Crippen molar-refractivity contribution >= 4 is 11.8 Å². The van der Waals surface area contributed by atoms with Crippen LogP contribution in [0.4, 0.5) is 0 Å². The van der Waals surface area contributed by atoms with Gasteiger partial charge in [-0.2, -0.15) is 11.8 Å². The lowest BCUT2D eigenvalue weighted by Crippen LogP contribution is -2.28. The average Bonchev–Trinajstić information content (AvgIpc) is 2.80. The molecule has 1 fully saturated rings. The van der Waals surface area contributed by atoms with Crippen molar-refractivity contribution in [2.45, 2.75) is 19.4 Å². The van der Waals surface area contributed by atoms with Crippen molar-refractivity contribution in [2.75, 3.05) is 18.1 Å². The minimum absolute atomic E-state index is 0.499. The summed E-state index contributed by atoms with van der Waals surface area (Å²) in [6.07, 6.45) is 5.17. The van der Waals surface area contributed by atoms with Crippen LogP contribution < -0.4 is 5.32 Å². The Balaban J connectivity index is 2.11. The van der Waals surface area contributed by atoms with Gasteiger partial charge in [-0.1, -0.05) is 13.0 Å². The Morgan fingerprint density at radius 1 is 1.67 bits per heavy atom. The van der Waals surface area contributed by atoms with Crippen LogP contribution in [0.5, 0.6) is 0 Å². The Hall–Kier alpha value is -0.540. The Morgan fingerprint density at radius 2 is 2.60 bits per heavy atom. The summed E-state index contributed by atoms with van der Waals surface area (Å²) in [6.45, 7) is 3.20. The van der Waals surface area contributed by atoms with Crippen LogP contribution in [0.3, 0.4) is 0 Å². The van der Waals surface area contributed by atoms with Crippen molar-refractivity contribution in [1.82, 2.24) is 10.3 Å².